The number of aliphatic hydroxyl groups excluding tert-OH is 2. The number of esters is 4. The van der Waals surface area contributed by atoms with Crippen molar-refractivity contribution in [2.24, 2.45) is 16.7 Å². The van der Waals surface area contributed by atoms with E-state index >= 15 is 9.59 Å². The standard InChI is InChI=1S/C62H85N3O21S/c1-36-42(32-62(77)54(84-55(74)40-21-15-12-16-22-40)52-60(9,53(73)50(72)48(36)59(62,7)8)43(68)31-44-61(52,35-81-44)85-38(3)67)82-56(75)51(49(39-19-13-11-14-20-39)65-57(76)86-58(4,5)6)83-47(71)34-87-33-46(70)63-25-18-17-23-41(37(2)66)64-45(69)24-26-79-29-30-80-28-27-78-10/h11-16,19-22,41-44,49-52,54,68,72,77H,17-18,23-35H2,1-10H3,(H,63,70)(H,64,69)(H,65,76)/t41?,42-,43-,44+,49-,50+,51+,52-,54-,60+,61-,62+/m0/s1. The van der Waals surface area contributed by atoms with Crippen LogP contribution in [0.15, 0.2) is 71.8 Å². The number of unbranched alkanes of at least 4 members (excludes halogenated alkanes) is 1. The first kappa shape index (κ1) is 69.8. The highest BCUT2D eigenvalue weighted by Gasteiger charge is 2.78. The number of nitrogens with one attached hydrogen (secondary N) is 3. The minimum atomic E-state index is -2.49. The summed E-state index contributed by atoms with van der Waals surface area (Å²) < 4.78 is 51.9. The highest BCUT2D eigenvalue weighted by molar-refractivity contribution is 8.00. The fourth-order valence-corrected chi connectivity index (χ4v) is 12.7. The third kappa shape index (κ3) is 16.7. The Labute approximate surface area is 511 Å². The second kappa shape index (κ2) is 30.3. The molecular weight excluding hydrogens is 1150 g/mol. The van der Waals surface area contributed by atoms with E-state index in [1.165, 1.54) is 46.8 Å². The molecule has 12 atom stereocenters. The number of hydrogen-bond donors (Lipinski definition) is 6. The first-order valence-corrected chi connectivity index (χ1v) is 30.3. The third-order valence-corrected chi connectivity index (χ3v) is 17.5. The summed E-state index contributed by atoms with van der Waals surface area (Å²) in [5, 5.41) is 46.6. The molecule has 24 nitrogen and oxygen atoms in total. The van der Waals surface area contributed by atoms with E-state index in [1.807, 2.05) is 0 Å². The molecule has 480 valence electrons. The van der Waals surface area contributed by atoms with Crippen molar-refractivity contribution >= 4 is 65.1 Å². The fraction of sp³-hybridized carbons (Fsp3) is 0.629. The Morgan fingerprint density at radius 2 is 1.47 bits per heavy atom. The molecule has 3 amide bonds. The number of Topliss-reactive ketones (excluding diaryl/α,β-unsaturated/α-hetero) is 2. The van der Waals surface area contributed by atoms with Gasteiger partial charge in [-0.2, -0.15) is 0 Å². The number of amides is 3. The van der Waals surface area contributed by atoms with Gasteiger partial charge in [-0.25, -0.2) is 14.4 Å². The quantitative estimate of drug-likeness (QED) is 0.0290. The summed E-state index contributed by atoms with van der Waals surface area (Å²) in [5.74, 6) is -8.48. The van der Waals surface area contributed by atoms with Crippen LogP contribution in [0.1, 0.15) is 123 Å². The van der Waals surface area contributed by atoms with Crippen molar-refractivity contribution in [3.8, 4) is 0 Å². The minimum Gasteiger partial charge on any atom is -0.455 e. The van der Waals surface area contributed by atoms with E-state index in [0.29, 0.717) is 45.7 Å². The molecule has 2 bridgehead atoms. The number of aliphatic hydroxyl groups is 3. The summed E-state index contributed by atoms with van der Waals surface area (Å²) in [6, 6.07) is 13.4. The molecule has 6 rings (SSSR count). The number of hydrogen-bond acceptors (Lipinski definition) is 22. The molecule has 2 aromatic carbocycles. The average molecular weight is 1240 g/mol. The van der Waals surface area contributed by atoms with Gasteiger partial charge >= 0.3 is 30.0 Å². The van der Waals surface area contributed by atoms with Gasteiger partial charge in [0.1, 0.15) is 41.7 Å². The van der Waals surface area contributed by atoms with Crippen LogP contribution >= 0.6 is 11.8 Å². The van der Waals surface area contributed by atoms with Crippen molar-refractivity contribution in [2.75, 3.05) is 64.8 Å². The highest BCUT2D eigenvalue weighted by atomic mass is 32.2. The first-order valence-electron chi connectivity index (χ1n) is 29.2. The van der Waals surface area contributed by atoms with Gasteiger partial charge in [0.25, 0.3) is 0 Å². The van der Waals surface area contributed by atoms with Crippen molar-refractivity contribution in [2.45, 2.75) is 166 Å². The zero-order chi connectivity index (χ0) is 64.1. The molecule has 1 aliphatic heterocycles. The van der Waals surface area contributed by atoms with Gasteiger partial charge in [0.15, 0.2) is 17.2 Å². The van der Waals surface area contributed by atoms with E-state index in [1.54, 1.807) is 76.4 Å². The predicted molar refractivity (Wildman–Crippen MR) is 312 cm³/mol. The maximum absolute atomic E-state index is 15.3. The first-order chi connectivity index (χ1) is 41.0. The highest BCUT2D eigenvalue weighted by Crippen LogP contribution is 2.64. The summed E-state index contributed by atoms with van der Waals surface area (Å²) in [4.78, 5) is 124. The predicted octanol–water partition coefficient (Wildman–Crippen LogP) is 3.97. The summed E-state index contributed by atoms with van der Waals surface area (Å²) >= 11 is 0.852. The van der Waals surface area contributed by atoms with Crippen molar-refractivity contribution < 1.29 is 101 Å². The van der Waals surface area contributed by atoms with Crippen molar-refractivity contribution in [1.82, 2.24) is 16.0 Å². The Morgan fingerprint density at radius 3 is 2.08 bits per heavy atom. The van der Waals surface area contributed by atoms with Gasteiger partial charge in [-0.3, -0.25) is 28.8 Å². The summed E-state index contributed by atoms with van der Waals surface area (Å²) in [6.45, 7) is 14.7. The SMILES string of the molecule is COCCOCCOCCC(=O)NC(CCCCNC(=O)CSCC(=O)O[C@@H](C(=O)O[C@H]1C[C@@]2(O)[C@@H](OC(=O)c3ccccc3)[C@@H]3[C@]4(OC(C)=O)CO[C@@H]4C[C@H](O)[C@@]3(C)C(=O)[C@H](O)C(=C1C)C2(C)C)[C@@H](NC(=O)OC(C)(C)C)c1ccccc1)C(C)=O. The van der Waals surface area contributed by atoms with Crippen LogP contribution in [0.3, 0.4) is 0 Å². The monoisotopic (exact) mass is 1240 g/mol. The molecule has 1 saturated heterocycles. The zero-order valence-corrected chi connectivity index (χ0v) is 52.0. The second-order valence-corrected chi connectivity index (χ2v) is 25.1. The Kier molecular flexibility index (Phi) is 24.3. The lowest BCUT2D eigenvalue weighted by molar-refractivity contribution is -0.346. The molecule has 3 fully saturated rings. The topological polar surface area (TPSA) is 333 Å². The number of alkyl carbamates (subject to hydrolysis) is 1. The van der Waals surface area contributed by atoms with Crippen LogP contribution in [0, 0.1) is 16.7 Å². The Morgan fingerprint density at radius 1 is 0.828 bits per heavy atom. The number of ketones is 2. The van der Waals surface area contributed by atoms with Crippen LogP contribution in [0.5, 0.6) is 0 Å². The molecule has 2 saturated carbocycles. The average Bonchev–Trinajstić information content (AvgIpc) is 0.693. The van der Waals surface area contributed by atoms with Gasteiger partial charge in [-0.1, -0.05) is 62.4 Å². The van der Waals surface area contributed by atoms with Crippen LogP contribution in [0.25, 0.3) is 0 Å². The number of carbonyl (C=O) groups excluding carboxylic acids is 9. The van der Waals surface area contributed by atoms with Crippen molar-refractivity contribution in [1.29, 1.82) is 0 Å². The molecule has 0 spiro atoms. The molecule has 0 radical (unpaired) electrons. The van der Waals surface area contributed by atoms with Crippen molar-refractivity contribution in [3.63, 3.8) is 0 Å². The number of thioether (sulfide) groups is 1. The summed E-state index contributed by atoms with van der Waals surface area (Å²) in [6.07, 6.45) is -11.0. The Hall–Kier alpha value is -6.32. The van der Waals surface area contributed by atoms with E-state index in [0.717, 1.165) is 18.7 Å². The number of ether oxygens (including phenoxy) is 9. The van der Waals surface area contributed by atoms with Gasteiger partial charge in [0.05, 0.1) is 80.2 Å². The maximum atomic E-state index is 15.3. The zero-order valence-electron chi connectivity index (χ0n) is 51.2. The Bertz CT molecular complexity index is 2810. The van der Waals surface area contributed by atoms with Gasteiger partial charge in [0, 0.05) is 45.3 Å². The molecule has 3 aliphatic carbocycles. The van der Waals surface area contributed by atoms with Crippen molar-refractivity contribution in [3.05, 3.63) is 82.9 Å². The van der Waals surface area contributed by atoms with E-state index in [2.05, 4.69) is 16.0 Å². The van der Waals surface area contributed by atoms with Crippen LogP contribution in [-0.4, -0.2) is 193 Å². The minimum absolute atomic E-state index is 0.0261. The molecule has 87 heavy (non-hydrogen) atoms. The lowest BCUT2D eigenvalue weighted by Crippen LogP contribution is -2.81. The van der Waals surface area contributed by atoms with Gasteiger partial charge in [-0.05, 0) is 89.6 Å². The number of rotatable bonds is 29. The van der Waals surface area contributed by atoms with Gasteiger partial charge in [0.2, 0.25) is 17.9 Å². The number of methoxy groups -OCH3 is 1. The maximum Gasteiger partial charge on any atom is 0.408 e. The van der Waals surface area contributed by atoms with E-state index in [4.69, 9.17) is 42.6 Å². The number of fused-ring (bicyclic) bond motifs is 5. The molecule has 1 heterocycles. The van der Waals surface area contributed by atoms with Crippen LogP contribution < -0.4 is 16.0 Å². The summed E-state index contributed by atoms with van der Waals surface area (Å²) in [7, 11) is 1.57. The van der Waals surface area contributed by atoms with Crippen LogP contribution in [0.4, 0.5) is 4.79 Å². The molecular formula is C62H85N3O21S. The third-order valence-electron chi connectivity index (χ3n) is 16.6. The normalized spacial score (nSPS) is 26.5. The molecule has 1 unspecified atom stereocenters. The molecule has 2 aromatic rings. The molecule has 25 heteroatoms. The van der Waals surface area contributed by atoms with Gasteiger partial charge < -0.3 is 73.9 Å². The van der Waals surface area contributed by atoms with Gasteiger partial charge in [-0.15, -0.1) is 11.8 Å². The molecule has 6 N–H and O–H groups in total. The number of carbonyl (C=O) groups is 9. The lowest BCUT2D eigenvalue weighted by Gasteiger charge is -2.67. The summed E-state index contributed by atoms with van der Waals surface area (Å²) in [5.41, 5.74) is -9.03. The van der Waals surface area contributed by atoms with Crippen LogP contribution in [0.2, 0.25) is 0 Å². The molecule has 4 aliphatic rings. The number of benzene rings is 2. The van der Waals surface area contributed by atoms with E-state index in [9.17, 15) is 48.9 Å². The fourth-order valence-electron chi connectivity index (χ4n) is 12.1. The largest absolute Gasteiger partial charge is 0.455 e. The van der Waals surface area contributed by atoms with Crippen LogP contribution in [-0.2, 0) is 76.2 Å². The van der Waals surface area contributed by atoms with E-state index in [-0.39, 0.29) is 72.3 Å². The lowest BCUT2D eigenvalue weighted by atomic mass is 9.44. The second-order valence-electron chi connectivity index (χ2n) is 24.1. The van der Waals surface area contributed by atoms with E-state index < -0.39 is 136 Å². The molecule has 0 aromatic heterocycles. The Balaban J connectivity index is 1.23. The smallest absolute Gasteiger partial charge is 0.408 e.